The van der Waals surface area contributed by atoms with Crippen molar-refractivity contribution < 1.29 is 13.5 Å². The summed E-state index contributed by atoms with van der Waals surface area (Å²) in [5.74, 6) is -0.569. The zero-order valence-corrected chi connectivity index (χ0v) is 18.0. The summed E-state index contributed by atoms with van der Waals surface area (Å²) < 4.78 is 32.6. The van der Waals surface area contributed by atoms with E-state index >= 15 is 0 Å². The highest BCUT2D eigenvalue weighted by atomic mass is 19.1. The first kappa shape index (κ1) is 21.6. The molecule has 166 valence electrons. The zero-order valence-electron chi connectivity index (χ0n) is 18.0. The van der Waals surface area contributed by atoms with Crippen LogP contribution < -0.4 is 15.8 Å². The Morgan fingerprint density at radius 1 is 1.16 bits per heavy atom. The van der Waals surface area contributed by atoms with Crippen molar-refractivity contribution in [2.45, 2.75) is 32.2 Å². The van der Waals surface area contributed by atoms with E-state index < -0.39 is 11.6 Å². The number of rotatable bonds is 7. The molecule has 7 nitrogen and oxygen atoms in total. The molecule has 0 saturated carbocycles. The highest BCUT2D eigenvalue weighted by Crippen LogP contribution is 2.34. The van der Waals surface area contributed by atoms with Crippen molar-refractivity contribution in [2.24, 2.45) is 5.73 Å². The lowest BCUT2D eigenvalue weighted by Gasteiger charge is -2.18. The van der Waals surface area contributed by atoms with Crippen LogP contribution in [0.4, 0.5) is 20.4 Å². The third kappa shape index (κ3) is 4.67. The third-order valence-corrected chi connectivity index (χ3v) is 5.08. The lowest BCUT2D eigenvalue weighted by Crippen LogP contribution is -2.32. The molecule has 0 atom stereocenters. The maximum Gasteiger partial charge on any atom is 0.229 e. The number of aromatic amines is 1. The summed E-state index contributed by atoms with van der Waals surface area (Å²) in [6.45, 7) is 4.00. The number of benzene rings is 2. The number of fused-ring (bicyclic) bond motifs is 1. The molecule has 2 aromatic carbocycles. The molecule has 0 bridgehead atoms. The summed E-state index contributed by atoms with van der Waals surface area (Å²) in [5, 5.41) is 10.7. The summed E-state index contributed by atoms with van der Waals surface area (Å²) in [6, 6.07) is 9.20. The fraction of sp³-hybridized carbons (Fsp3) is 0.261. The summed E-state index contributed by atoms with van der Waals surface area (Å²) in [5.41, 5.74) is 8.99. The second-order valence-electron chi connectivity index (χ2n) is 8.30. The minimum Gasteiger partial charge on any atom is -0.496 e. The van der Waals surface area contributed by atoms with E-state index in [1.54, 1.807) is 13.3 Å². The number of nitrogens with two attached hydrogens (primary N) is 1. The maximum absolute atomic E-state index is 13.9. The molecule has 0 fully saturated rings. The van der Waals surface area contributed by atoms with Crippen LogP contribution in [0.1, 0.15) is 25.8 Å². The predicted octanol–water partition coefficient (Wildman–Crippen LogP) is 4.72. The number of aromatic nitrogens is 4. The molecular formula is C23H24F2N6O. The maximum atomic E-state index is 13.9. The van der Waals surface area contributed by atoms with Crippen LogP contribution in [0.2, 0.25) is 0 Å². The SMILES string of the molecule is COc1ccc(CCC(C)(C)N)cc1-c1[nH]nc2nc(Nc3ccc(F)cc3F)ncc12. The first-order valence-electron chi connectivity index (χ1n) is 10.1. The van der Waals surface area contributed by atoms with E-state index in [0.717, 1.165) is 36.1 Å². The van der Waals surface area contributed by atoms with Gasteiger partial charge in [-0.25, -0.2) is 13.8 Å². The fourth-order valence-corrected chi connectivity index (χ4v) is 3.35. The van der Waals surface area contributed by atoms with Crippen LogP contribution in [0.25, 0.3) is 22.3 Å². The molecule has 4 N–H and O–H groups in total. The normalized spacial score (nSPS) is 11.7. The molecule has 0 amide bonds. The van der Waals surface area contributed by atoms with Gasteiger partial charge in [0.05, 0.1) is 23.9 Å². The predicted molar refractivity (Wildman–Crippen MR) is 120 cm³/mol. The Kier molecular flexibility index (Phi) is 5.75. The minimum atomic E-state index is -0.737. The van der Waals surface area contributed by atoms with Crippen molar-refractivity contribution >= 4 is 22.7 Å². The van der Waals surface area contributed by atoms with E-state index in [9.17, 15) is 8.78 Å². The van der Waals surface area contributed by atoms with Crippen molar-refractivity contribution in [3.63, 3.8) is 0 Å². The molecule has 0 aliphatic carbocycles. The van der Waals surface area contributed by atoms with Gasteiger partial charge in [0, 0.05) is 23.4 Å². The van der Waals surface area contributed by atoms with Crippen LogP contribution in [-0.4, -0.2) is 32.8 Å². The van der Waals surface area contributed by atoms with Gasteiger partial charge in [-0.15, -0.1) is 0 Å². The fourth-order valence-electron chi connectivity index (χ4n) is 3.35. The molecule has 0 aliphatic heterocycles. The number of anilines is 2. The Morgan fingerprint density at radius 3 is 2.69 bits per heavy atom. The lowest BCUT2D eigenvalue weighted by molar-refractivity contribution is 0.416. The average molecular weight is 438 g/mol. The first-order valence-corrected chi connectivity index (χ1v) is 10.1. The second kappa shape index (κ2) is 8.51. The highest BCUT2D eigenvalue weighted by molar-refractivity contribution is 5.92. The van der Waals surface area contributed by atoms with Gasteiger partial charge in [0.15, 0.2) is 5.65 Å². The van der Waals surface area contributed by atoms with Gasteiger partial charge in [0.25, 0.3) is 0 Å². The van der Waals surface area contributed by atoms with Gasteiger partial charge in [0.2, 0.25) is 5.95 Å². The Morgan fingerprint density at radius 2 is 1.97 bits per heavy atom. The standard InChI is InChI=1S/C23H24F2N6O/c1-23(2,26)9-8-13-4-7-19(32-3)15(10-13)20-16-12-27-22(29-21(16)31-30-20)28-18-6-5-14(24)11-17(18)25/h4-7,10-12H,8-9,26H2,1-3H3,(H2,27,28,29,30,31). The molecule has 0 unspecified atom stereocenters. The minimum absolute atomic E-state index is 0.0682. The molecule has 0 radical (unpaired) electrons. The van der Waals surface area contributed by atoms with Gasteiger partial charge in [-0.05, 0) is 56.5 Å². The third-order valence-electron chi connectivity index (χ3n) is 5.08. The lowest BCUT2D eigenvalue weighted by atomic mass is 9.95. The Labute approximate surface area is 184 Å². The van der Waals surface area contributed by atoms with E-state index in [-0.39, 0.29) is 17.2 Å². The number of methoxy groups -OCH3 is 1. The van der Waals surface area contributed by atoms with E-state index in [1.807, 2.05) is 32.0 Å². The summed E-state index contributed by atoms with van der Waals surface area (Å²) >= 11 is 0. The molecule has 4 aromatic rings. The van der Waals surface area contributed by atoms with Crippen molar-refractivity contribution in [2.75, 3.05) is 12.4 Å². The summed E-state index contributed by atoms with van der Waals surface area (Å²) in [7, 11) is 1.61. The zero-order chi connectivity index (χ0) is 22.9. The first-order chi connectivity index (χ1) is 15.2. The van der Waals surface area contributed by atoms with Crippen molar-refractivity contribution in [1.82, 2.24) is 20.2 Å². The van der Waals surface area contributed by atoms with Crippen molar-refractivity contribution in [1.29, 1.82) is 0 Å². The number of nitrogens with zero attached hydrogens (tertiary/aromatic N) is 3. The topological polar surface area (TPSA) is 102 Å². The average Bonchev–Trinajstić information content (AvgIpc) is 3.16. The molecule has 0 aliphatic rings. The van der Waals surface area contributed by atoms with E-state index in [1.165, 1.54) is 6.07 Å². The Hall–Kier alpha value is -3.59. The van der Waals surface area contributed by atoms with Gasteiger partial charge in [-0.2, -0.15) is 10.1 Å². The van der Waals surface area contributed by atoms with Crippen LogP contribution in [0.3, 0.4) is 0 Å². The quantitative estimate of drug-likeness (QED) is 0.386. The van der Waals surface area contributed by atoms with E-state index in [4.69, 9.17) is 10.5 Å². The molecule has 0 spiro atoms. The van der Waals surface area contributed by atoms with Gasteiger partial charge < -0.3 is 15.8 Å². The molecule has 32 heavy (non-hydrogen) atoms. The molecule has 4 rings (SSSR count). The largest absolute Gasteiger partial charge is 0.496 e. The molecule has 2 heterocycles. The van der Waals surface area contributed by atoms with Crippen LogP contribution in [0, 0.1) is 11.6 Å². The van der Waals surface area contributed by atoms with Crippen LogP contribution in [0.5, 0.6) is 5.75 Å². The van der Waals surface area contributed by atoms with Gasteiger partial charge in [-0.3, -0.25) is 5.10 Å². The molecule has 0 saturated heterocycles. The van der Waals surface area contributed by atoms with Crippen molar-refractivity contribution in [3.05, 3.63) is 59.8 Å². The van der Waals surface area contributed by atoms with Crippen LogP contribution in [-0.2, 0) is 6.42 Å². The van der Waals surface area contributed by atoms with Crippen LogP contribution in [0.15, 0.2) is 42.6 Å². The highest BCUT2D eigenvalue weighted by Gasteiger charge is 2.17. The number of hydrogen-bond acceptors (Lipinski definition) is 6. The smallest absolute Gasteiger partial charge is 0.229 e. The number of nitrogens with one attached hydrogen (secondary N) is 2. The molecule has 2 aromatic heterocycles. The Bertz CT molecular complexity index is 1270. The monoisotopic (exact) mass is 438 g/mol. The molecular weight excluding hydrogens is 414 g/mol. The summed E-state index contributed by atoms with van der Waals surface area (Å²) in [4.78, 5) is 8.62. The van der Waals surface area contributed by atoms with Gasteiger partial charge in [-0.1, -0.05) is 6.07 Å². The Balaban J connectivity index is 1.66. The number of hydrogen-bond donors (Lipinski definition) is 3. The van der Waals surface area contributed by atoms with Gasteiger partial charge in [0.1, 0.15) is 17.4 Å². The number of H-pyrrole nitrogens is 1. The van der Waals surface area contributed by atoms with Gasteiger partial charge >= 0.3 is 0 Å². The number of halogens is 2. The van der Waals surface area contributed by atoms with Crippen molar-refractivity contribution in [3.8, 4) is 17.0 Å². The summed E-state index contributed by atoms with van der Waals surface area (Å²) in [6.07, 6.45) is 3.25. The molecule has 9 heteroatoms. The van der Waals surface area contributed by atoms with E-state index in [0.29, 0.717) is 22.5 Å². The van der Waals surface area contributed by atoms with E-state index in [2.05, 4.69) is 25.5 Å². The number of ether oxygens (including phenoxy) is 1. The van der Waals surface area contributed by atoms with Crippen LogP contribution >= 0.6 is 0 Å². The number of aryl methyl sites for hydroxylation is 1. The second-order valence-corrected chi connectivity index (χ2v) is 8.30.